The van der Waals surface area contributed by atoms with E-state index in [1.165, 1.54) is 12.8 Å². The number of carboxylic acids is 1. The maximum atomic E-state index is 11.5. The second-order valence-electron chi connectivity index (χ2n) is 6.53. The summed E-state index contributed by atoms with van der Waals surface area (Å²) in [5.41, 5.74) is 1.00. The maximum Gasteiger partial charge on any atom is 0.308 e. The lowest BCUT2D eigenvalue weighted by atomic mass is 9.92. The lowest BCUT2D eigenvalue weighted by Gasteiger charge is -2.15. The number of hydrogen-bond acceptors (Lipinski definition) is 5. The molecule has 6 heteroatoms. The first-order chi connectivity index (χ1) is 11.2. The second kappa shape index (κ2) is 5.77. The van der Waals surface area contributed by atoms with E-state index in [-0.39, 0.29) is 5.92 Å². The van der Waals surface area contributed by atoms with Crippen LogP contribution in [0, 0.1) is 17.8 Å². The average Bonchev–Trinajstić information content (AvgIpc) is 3.08. The molecule has 0 bridgehead atoms. The molecule has 3 heterocycles. The minimum absolute atomic E-state index is 0.231. The molecule has 0 aromatic carbocycles. The van der Waals surface area contributed by atoms with E-state index in [1.54, 1.807) is 24.7 Å². The Bertz CT molecular complexity index is 680. The van der Waals surface area contributed by atoms with E-state index in [2.05, 4.69) is 14.9 Å². The van der Waals surface area contributed by atoms with E-state index in [9.17, 15) is 9.90 Å². The van der Waals surface area contributed by atoms with E-state index in [1.807, 2.05) is 6.07 Å². The molecule has 0 radical (unpaired) electrons. The zero-order valence-electron chi connectivity index (χ0n) is 12.8. The first kappa shape index (κ1) is 14.4. The summed E-state index contributed by atoms with van der Waals surface area (Å²) in [6, 6.07) is 3.63. The lowest BCUT2D eigenvalue weighted by molar-refractivity contribution is -0.142. The number of aliphatic carboxylic acids is 1. The highest BCUT2D eigenvalue weighted by Crippen LogP contribution is 2.44. The molecule has 23 heavy (non-hydrogen) atoms. The fraction of sp³-hybridized carbons (Fsp3) is 0.471. The van der Waals surface area contributed by atoms with Gasteiger partial charge in [0, 0.05) is 37.6 Å². The van der Waals surface area contributed by atoms with Crippen molar-refractivity contribution < 1.29 is 14.3 Å². The first-order valence-electron chi connectivity index (χ1n) is 8.00. The number of aromatic nitrogens is 2. The molecule has 1 aliphatic carbocycles. The van der Waals surface area contributed by atoms with Gasteiger partial charge in [-0.2, -0.15) is 0 Å². The Morgan fingerprint density at radius 3 is 2.70 bits per heavy atom. The molecular formula is C17H19N3O3. The van der Waals surface area contributed by atoms with Crippen molar-refractivity contribution in [2.24, 2.45) is 17.8 Å². The van der Waals surface area contributed by atoms with Crippen LogP contribution in [0.3, 0.4) is 0 Å². The van der Waals surface area contributed by atoms with Crippen molar-refractivity contribution in [2.75, 3.05) is 13.1 Å². The molecule has 2 fully saturated rings. The van der Waals surface area contributed by atoms with E-state index >= 15 is 0 Å². The monoisotopic (exact) mass is 313 g/mol. The van der Waals surface area contributed by atoms with Crippen LogP contribution in [0.15, 0.2) is 35.2 Å². The molecule has 2 aromatic rings. The van der Waals surface area contributed by atoms with Gasteiger partial charge in [-0.3, -0.25) is 9.69 Å². The topological polar surface area (TPSA) is 79.5 Å². The van der Waals surface area contributed by atoms with Gasteiger partial charge in [-0.1, -0.05) is 0 Å². The molecular weight excluding hydrogens is 294 g/mol. The number of rotatable bonds is 5. The van der Waals surface area contributed by atoms with Crippen LogP contribution >= 0.6 is 0 Å². The quantitative estimate of drug-likeness (QED) is 0.912. The fourth-order valence-electron chi connectivity index (χ4n) is 3.53. The van der Waals surface area contributed by atoms with E-state index in [0.717, 1.165) is 12.1 Å². The predicted octanol–water partition coefficient (Wildman–Crippen LogP) is 2.28. The van der Waals surface area contributed by atoms with Crippen molar-refractivity contribution >= 4 is 5.97 Å². The van der Waals surface area contributed by atoms with Crippen LogP contribution in [0.1, 0.15) is 18.4 Å². The van der Waals surface area contributed by atoms with E-state index in [4.69, 9.17) is 4.42 Å². The predicted molar refractivity (Wildman–Crippen MR) is 82.4 cm³/mol. The van der Waals surface area contributed by atoms with Crippen molar-refractivity contribution in [1.82, 2.24) is 14.9 Å². The third-order valence-electron chi connectivity index (χ3n) is 4.84. The van der Waals surface area contributed by atoms with Gasteiger partial charge < -0.3 is 9.52 Å². The number of likely N-dealkylation sites (tertiary alicyclic amines) is 1. The van der Waals surface area contributed by atoms with Crippen molar-refractivity contribution in [3.8, 4) is 11.6 Å². The third-order valence-corrected chi connectivity index (χ3v) is 4.84. The molecule has 1 aliphatic heterocycles. The number of nitrogens with zero attached hydrogens (tertiary/aromatic N) is 3. The molecule has 2 aromatic heterocycles. The highest BCUT2D eigenvalue weighted by Gasteiger charge is 2.45. The van der Waals surface area contributed by atoms with Crippen LogP contribution in [0.5, 0.6) is 0 Å². The highest BCUT2D eigenvalue weighted by molar-refractivity contribution is 5.71. The van der Waals surface area contributed by atoms with Crippen molar-refractivity contribution in [3.05, 3.63) is 36.4 Å². The highest BCUT2D eigenvalue weighted by atomic mass is 16.4. The van der Waals surface area contributed by atoms with Crippen LogP contribution in [0.25, 0.3) is 11.6 Å². The van der Waals surface area contributed by atoms with Crippen LogP contribution < -0.4 is 0 Å². The van der Waals surface area contributed by atoms with Crippen molar-refractivity contribution in [3.63, 3.8) is 0 Å². The van der Waals surface area contributed by atoms with Crippen LogP contribution in [0.2, 0.25) is 0 Å². The minimum Gasteiger partial charge on any atom is -0.481 e. The summed E-state index contributed by atoms with van der Waals surface area (Å²) in [7, 11) is 0. The molecule has 4 rings (SSSR count). The molecule has 6 nitrogen and oxygen atoms in total. The third kappa shape index (κ3) is 2.99. The number of carboxylic acid groups (broad SMARTS) is 1. The van der Waals surface area contributed by atoms with Gasteiger partial charge in [-0.05, 0) is 36.8 Å². The second-order valence-corrected chi connectivity index (χ2v) is 6.53. The van der Waals surface area contributed by atoms with Gasteiger partial charge >= 0.3 is 5.97 Å². The molecule has 1 N–H and O–H groups in total. The summed E-state index contributed by atoms with van der Waals surface area (Å²) in [4.78, 5) is 22.3. The average molecular weight is 313 g/mol. The van der Waals surface area contributed by atoms with E-state index < -0.39 is 5.97 Å². The Morgan fingerprint density at radius 2 is 2.09 bits per heavy atom. The van der Waals surface area contributed by atoms with Gasteiger partial charge in [0.05, 0.1) is 12.2 Å². The number of furan rings is 1. The largest absolute Gasteiger partial charge is 0.481 e. The summed E-state index contributed by atoms with van der Waals surface area (Å²) < 4.78 is 5.28. The zero-order chi connectivity index (χ0) is 15.8. The van der Waals surface area contributed by atoms with Crippen molar-refractivity contribution in [1.29, 1.82) is 0 Å². The Kier molecular flexibility index (Phi) is 3.61. The SMILES string of the molecule is O=C(O)[C@@H]1CN(Cc2cnc(-c3ccco3)nc2)C[C@H]1C1CC1. The van der Waals surface area contributed by atoms with Gasteiger partial charge in [0.2, 0.25) is 0 Å². The molecule has 1 saturated heterocycles. The summed E-state index contributed by atoms with van der Waals surface area (Å²) in [5, 5.41) is 9.42. The smallest absolute Gasteiger partial charge is 0.308 e. The molecule has 0 amide bonds. The summed E-state index contributed by atoms with van der Waals surface area (Å²) in [6.45, 7) is 2.18. The molecule has 2 aliphatic rings. The Hall–Kier alpha value is -2.21. The first-order valence-corrected chi connectivity index (χ1v) is 8.00. The minimum atomic E-state index is -0.659. The number of hydrogen-bond donors (Lipinski definition) is 1. The zero-order valence-corrected chi connectivity index (χ0v) is 12.8. The molecule has 1 saturated carbocycles. The van der Waals surface area contributed by atoms with Gasteiger partial charge in [0.25, 0.3) is 0 Å². The van der Waals surface area contributed by atoms with E-state index in [0.29, 0.717) is 36.5 Å². The Labute approximate surface area is 134 Å². The standard InChI is InChI=1S/C17H19N3O3/c21-17(22)14-10-20(9-13(14)12-3-4-12)8-11-6-18-16(19-7-11)15-2-1-5-23-15/h1-2,5-7,12-14H,3-4,8-10H2,(H,21,22)/t13-,14+/m0/s1. The van der Waals surface area contributed by atoms with Gasteiger partial charge in [-0.15, -0.1) is 0 Å². The summed E-state index contributed by atoms with van der Waals surface area (Å²) in [5.74, 6) is 1.24. The molecule has 0 spiro atoms. The van der Waals surface area contributed by atoms with Crippen LogP contribution in [0.4, 0.5) is 0 Å². The molecule has 0 unspecified atom stereocenters. The summed E-state index contributed by atoms with van der Waals surface area (Å²) in [6.07, 6.45) is 7.56. The maximum absolute atomic E-state index is 11.5. The molecule has 2 atom stereocenters. The normalized spacial score (nSPS) is 24.9. The molecule has 120 valence electrons. The lowest BCUT2D eigenvalue weighted by Crippen LogP contribution is -2.24. The van der Waals surface area contributed by atoms with Gasteiger partial charge in [0.15, 0.2) is 11.6 Å². The van der Waals surface area contributed by atoms with Crippen LogP contribution in [-0.4, -0.2) is 39.0 Å². The van der Waals surface area contributed by atoms with Crippen molar-refractivity contribution in [2.45, 2.75) is 19.4 Å². The Balaban J connectivity index is 1.43. The fourth-order valence-corrected chi connectivity index (χ4v) is 3.53. The van der Waals surface area contributed by atoms with Gasteiger partial charge in [-0.25, -0.2) is 9.97 Å². The van der Waals surface area contributed by atoms with Crippen LogP contribution in [-0.2, 0) is 11.3 Å². The summed E-state index contributed by atoms with van der Waals surface area (Å²) >= 11 is 0. The number of carbonyl (C=O) groups is 1. The Morgan fingerprint density at radius 1 is 1.30 bits per heavy atom. The van der Waals surface area contributed by atoms with Gasteiger partial charge in [0.1, 0.15) is 0 Å².